The summed E-state index contributed by atoms with van der Waals surface area (Å²) in [5.41, 5.74) is 0. The molecule has 0 bridgehead atoms. The molecule has 0 aliphatic rings. The molecule has 1 heterocycles. The number of hydrogen-bond acceptors (Lipinski definition) is 4. The predicted molar refractivity (Wildman–Crippen MR) is 111 cm³/mol. The summed E-state index contributed by atoms with van der Waals surface area (Å²) in [5.74, 6) is 0.811. The average molecular weight is 395 g/mol. The minimum Gasteiger partial charge on any atom is -0.531 e. The van der Waals surface area contributed by atoms with Crippen molar-refractivity contribution in [3.8, 4) is 5.88 Å². The number of benzene rings is 1. The van der Waals surface area contributed by atoms with Crippen LogP contribution in [0.4, 0.5) is 0 Å². The number of ether oxygens (including phenoxy) is 1. The van der Waals surface area contributed by atoms with Crippen molar-refractivity contribution in [1.82, 2.24) is 9.55 Å². The fourth-order valence-electron chi connectivity index (χ4n) is 2.07. The Hall–Kier alpha value is -1.03. The molecule has 2 aromatic rings. The Morgan fingerprint density at radius 2 is 1.72 bits per heavy atom. The third-order valence-corrected chi connectivity index (χ3v) is 6.90. The smallest absolute Gasteiger partial charge is 0.244 e. The summed E-state index contributed by atoms with van der Waals surface area (Å²) in [6.07, 6.45) is 1.82. The highest BCUT2D eigenvalue weighted by atomic mass is 32.2. The monoisotopic (exact) mass is 394 g/mol. The van der Waals surface area contributed by atoms with E-state index in [-0.39, 0.29) is 0 Å². The van der Waals surface area contributed by atoms with Gasteiger partial charge in [-0.05, 0) is 37.8 Å². The molecule has 0 unspecified atom stereocenters. The summed E-state index contributed by atoms with van der Waals surface area (Å²) >= 11 is 1.64. The van der Waals surface area contributed by atoms with Gasteiger partial charge >= 0.3 is 0 Å². The zero-order valence-electron chi connectivity index (χ0n) is 16.2. The minimum atomic E-state index is -1.70. The van der Waals surface area contributed by atoms with Crippen molar-refractivity contribution in [1.29, 1.82) is 0 Å². The van der Waals surface area contributed by atoms with Crippen LogP contribution < -0.4 is 4.43 Å². The van der Waals surface area contributed by atoms with E-state index in [0.717, 1.165) is 28.6 Å². The lowest BCUT2D eigenvalue weighted by atomic mass is 10.4. The van der Waals surface area contributed by atoms with Crippen molar-refractivity contribution in [3.05, 3.63) is 36.5 Å². The summed E-state index contributed by atoms with van der Waals surface area (Å²) in [7, 11) is -2.79. The van der Waals surface area contributed by atoms with Crippen molar-refractivity contribution in [3.63, 3.8) is 0 Å². The molecule has 7 heteroatoms. The maximum atomic E-state index is 6.20. The first-order chi connectivity index (χ1) is 11.6. The van der Waals surface area contributed by atoms with Gasteiger partial charge in [-0.3, -0.25) is 4.57 Å². The Bertz CT molecular complexity index is 664. The second kappa shape index (κ2) is 8.57. The summed E-state index contributed by atoms with van der Waals surface area (Å²) in [4.78, 5) is 5.74. The Morgan fingerprint density at radius 3 is 2.32 bits per heavy atom. The van der Waals surface area contributed by atoms with Crippen molar-refractivity contribution >= 4 is 28.2 Å². The maximum absolute atomic E-state index is 6.20. The lowest BCUT2D eigenvalue weighted by Gasteiger charge is -2.21. The molecule has 1 aromatic carbocycles. The van der Waals surface area contributed by atoms with E-state index in [2.05, 4.69) is 61.0 Å². The minimum absolute atomic E-state index is 0.486. The first-order valence-corrected chi connectivity index (χ1v) is 16.6. The van der Waals surface area contributed by atoms with Crippen molar-refractivity contribution in [2.75, 3.05) is 6.61 Å². The average Bonchev–Trinajstić information content (AvgIpc) is 2.84. The van der Waals surface area contributed by atoms with Gasteiger partial charge in [-0.25, -0.2) is 4.98 Å². The zero-order valence-corrected chi connectivity index (χ0v) is 19.0. The topological polar surface area (TPSA) is 36.3 Å². The number of rotatable bonds is 9. The first kappa shape index (κ1) is 20.3. The van der Waals surface area contributed by atoms with E-state index in [0.29, 0.717) is 6.73 Å². The van der Waals surface area contributed by atoms with Crippen molar-refractivity contribution in [2.24, 2.45) is 0 Å². The van der Waals surface area contributed by atoms with E-state index in [1.165, 1.54) is 0 Å². The molecule has 0 spiro atoms. The van der Waals surface area contributed by atoms with E-state index in [4.69, 9.17) is 9.16 Å². The van der Waals surface area contributed by atoms with E-state index in [1.807, 2.05) is 24.4 Å². The van der Waals surface area contributed by atoms with Crippen LogP contribution >= 0.6 is 11.8 Å². The molecule has 4 nitrogen and oxygen atoms in total. The standard InChI is InChI=1S/C18H30N2O2SSi2/c1-24(2,3)13-12-21-15-20-17(22-25(4,5)6)14-19-18(20)23-16-10-8-7-9-11-16/h7-11,14H,12-13,15H2,1-6H3. The molecule has 138 valence electrons. The van der Waals surface area contributed by atoms with Crippen LogP contribution in [-0.4, -0.2) is 32.5 Å². The number of aromatic nitrogens is 2. The number of hydrogen-bond donors (Lipinski definition) is 0. The van der Waals surface area contributed by atoms with Gasteiger partial charge in [0.25, 0.3) is 0 Å². The molecular weight excluding hydrogens is 364 g/mol. The van der Waals surface area contributed by atoms with E-state index >= 15 is 0 Å². The molecule has 0 saturated heterocycles. The molecule has 0 N–H and O–H groups in total. The van der Waals surface area contributed by atoms with Gasteiger partial charge in [-0.1, -0.05) is 49.6 Å². The highest BCUT2D eigenvalue weighted by Gasteiger charge is 2.21. The van der Waals surface area contributed by atoms with Gasteiger partial charge in [0.2, 0.25) is 14.2 Å². The lowest BCUT2D eigenvalue weighted by Crippen LogP contribution is -2.30. The van der Waals surface area contributed by atoms with E-state index < -0.39 is 16.4 Å². The van der Waals surface area contributed by atoms with Crippen molar-refractivity contribution in [2.45, 2.75) is 62.1 Å². The number of nitrogens with zero attached hydrogens (tertiary/aromatic N) is 2. The summed E-state index contributed by atoms with van der Waals surface area (Å²) in [6.45, 7) is 14.9. The molecular formula is C18H30N2O2SSi2. The molecule has 0 atom stereocenters. The molecule has 0 fully saturated rings. The largest absolute Gasteiger partial charge is 0.531 e. The van der Waals surface area contributed by atoms with Crippen LogP contribution in [0.3, 0.4) is 0 Å². The summed E-state index contributed by atoms with van der Waals surface area (Å²) < 4.78 is 14.2. The normalized spacial score (nSPS) is 12.4. The van der Waals surface area contributed by atoms with Crippen LogP contribution in [0.15, 0.2) is 46.6 Å². The second-order valence-electron chi connectivity index (χ2n) is 8.28. The highest BCUT2D eigenvalue weighted by Crippen LogP contribution is 2.30. The van der Waals surface area contributed by atoms with Gasteiger partial charge in [-0.2, -0.15) is 0 Å². The highest BCUT2D eigenvalue weighted by molar-refractivity contribution is 7.99. The van der Waals surface area contributed by atoms with Gasteiger partial charge in [0, 0.05) is 19.6 Å². The Labute approximate surface area is 158 Å². The van der Waals surface area contributed by atoms with E-state index in [1.54, 1.807) is 11.8 Å². The van der Waals surface area contributed by atoms with Gasteiger partial charge in [0.1, 0.15) is 6.73 Å². The van der Waals surface area contributed by atoms with E-state index in [9.17, 15) is 0 Å². The van der Waals surface area contributed by atoms with Crippen LogP contribution in [0, 0.1) is 0 Å². The fraction of sp³-hybridized carbons (Fsp3) is 0.500. The number of imidazole rings is 1. The van der Waals surface area contributed by atoms with Crippen LogP contribution in [0.1, 0.15) is 0 Å². The maximum Gasteiger partial charge on any atom is 0.244 e. The zero-order chi connectivity index (χ0) is 18.5. The fourth-order valence-corrected chi connectivity index (χ4v) is 4.48. The molecule has 0 saturated carbocycles. The lowest BCUT2D eigenvalue weighted by molar-refractivity contribution is 0.0775. The SMILES string of the molecule is C[Si](C)(C)CCOCn1c(O[Si](C)(C)C)cnc1Sc1ccccc1. The summed E-state index contributed by atoms with van der Waals surface area (Å²) in [6, 6.07) is 11.4. The molecule has 0 radical (unpaired) electrons. The molecule has 0 aliphatic heterocycles. The third-order valence-electron chi connectivity index (χ3n) is 3.36. The Balaban J connectivity index is 2.12. The third kappa shape index (κ3) is 7.39. The van der Waals surface area contributed by atoms with Crippen LogP contribution in [0.25, 0.3) is 0 Å². The van der Waals surface area contributed by atoms with Crippen LogP contribution in [0.5, 0.6) is 5.88 Å². The van der Waals surface area contributed by atoms with Gasteiger partial charge < -0.3 is 9.16 Å². The quantitative estimate of drug-likeness (QED) is 0.412. The molecule has 0 amide bonds. The van der Waals surface area contributed by atoms with Gasteiger partial charge in [0.05, 0.1) is 6.20 Å². The molecule has 2 rings (SSSR count). The van der Waals surface area contributed by atoms with Crippen LogP contribution in [0.2, 0.25) is 45.3 Å². The first-order valence-electron chi connectivity index (χ1n) is 8.69. The van der Waals surface area contributed by atoms with Gasteiger partial charge in [-0.15, -0.1) is 0 Å². The predicted octanol–water partition coefficient (Wildman–Crippen LogP) is 5.56. The Kier molecular flexibility index (Phi) is 6.96. The van der Waals surface area contributed by atoms with Crippen molar-refractivity contribution < 1.29 is 9.16 Å². The summed E-state index contributed by atoms with van der Waals surface area (Å²) in [5, 5.41) is 0.910. The van der Waals surface area contributed by atoms with Crippen LogP contribution in [-0.2, 0) is 11.5 Å². The van der Waals surface area contributed by atoms with Gasteiger partial charge in [0.15, 0.2) is 5.16 Å². The second-order valence-corrected chi connectivity index (χ2v) is 19.4. The molecule has 1 aromatic heterocycles. The molecule has 25 heavy (non-hydrogen) atoms. The Morgan fingerprint density at radius 1 is 1.04 bits per heavy atom. The molecule has 0 aliphatic carbocycles.